The van der Waals surface area contributed by atoms with Crippen molar-refractivity contribution in [3.8, 4) is 0 Å². The van der Waals surface area contributed by atoms with Crippen molar-refractivity contribution in [3.63, 3.8) is 0 Å². The smallest absolute Gasteiger partial charge is 0.0246 e. The molecule has 0 bridgehead atoms. The van der Waals surface area contributed by atoms with E-state index in [1.807, 2.05) is 11.8 Å². The maximum absolute atomic E-state index is 3.99. The highest BCUT2D eigenvalue weighted by Crippen LogP contribution is 2.45. The number of benzene rings is 1. The first kappa shape index (κ1) is 16.4. The van der Waals surface area contributed by atoms with Crippen molar-refractivity contribution >= 4 is 11.8 Å². The van der Waals surface area contributed by atoms with Gasteiger partial charge in [0.2, 0.25) is 0 Å². The minimum atomic E-state index is 0.297. The van der Waals surface area contributed by atoms with Crippen LogP contribution in [0.2, 0.25) is 0 Å². The van der Waals surface area contributed by atoms with Crippen LogP contribution in [0.25, 0.3) is 0 Å². The maximum Gasteiger partial charge on any atom is 0.0246 e. The second kappa shape index (κ2) is 7.79. The minimum Gasteiger partial charge on any atom is -0.119 e. The predicted octanol–water partition coefficient (Wildman–Crippen LogP) is 6.19. The monoisotopic (exact) mass is 276 g/mol. The first-order valence-corrected chi connectivity index (χ1v) is 8.14. The fraction of sp³-hybridized carbons (Fsp3) is 0.556. The van der Waals surface area contributed by atoms with Gasteiger partial charge in [0.15, 0.2) is 0 Å². The summed E-state index contributed by atoms with van der Waals surface area (Å²) in [5.74, 6) is 1.44. The van der Waals surface area contributed by atoms with Gasteiger partial charge in [-0.3, -0.25) is 0 Å². The van der Waals surface area contributed by atoms with Crippen LogP contribution in [0.15, 0.2) is 47.9 Å². The summed E-state index contributed by atoms with van der Waals surface area (Å²) in [5.41, 5.74) is 0. The molecule has 1 rings (SSSR count). The number of thioether (sulfide) groups is 1. The largest absolute Gasteiger partial charge is 0.119 e. The van der Waals surface area contributed by atoms with Crippen LogP contribution in [0, 0.1) is 11.8 Å². The molecule has 0 unspecified atom stereocenters. The topological polar surface area (TPSA) is 0 Å². The van der Waals surface area contributed by atoms with Gasteiger partial charge < -0.3 is 0 Å². The quantitative estimate of drug-likeness (QED) is 0.403. The number of rotatable bonds is 8. The first-order chi connectivity index (χ1) is 8.97. The standard InChI is InChI=1S/C18H28S/c1-6-12-18(13-15(2)3,14-16(4)5)19-17-10-8-7-9-11-17/h6-11,15-16H,1,12-14H2,2-5H3. The third-order valence-electron chi connectivity index (χ3n) is 3.15. The van der Waals surface area contributed by atoms with Gasteiger partial charge in [-0.25, -0.2) is 0 Å². The summed E-state index contributed by atoms with van der Waals surface area (Å²) >= 11 is 2.05. The van der Waals surface area contributed by atoms with E-state index in [1.54, 1.807) is 0 Å². The molecule has 106 valence electrons. The van der Waals surface area contributed by atoms with Gasteiger partial charge in [-0.2, -0.15) is 0 Å². The fourth-order valence-electron chi connectivity index (χ4n) is 2.86. The molecule has 0 aliphatic carbocycles. The Morgan fingerprint density at radius 2 is 1.58 bits per heavy atom. The molecule has 1 heteroatoms. The van der Waals surface area contributed by atoms with E-state index < -0.39 is 0 Å². The van der Waals surface area contributed by atoms with Crippen molar-refractivity contribution in [3.05, 3.63) is 43.0 Å². The Bertz CT molecular complexity index is 355. The van der Waals surface area contributed by atoms with E-state index in [-0.39, 0.29) is 0 Å². The third kappa shape index (κ3) is 5.86. The van der Waals surface area contributed by atoms with Crippen LogP contribution in [0.4, 0.5) is 0 Å². The van der Waals surface area contributed by atoms with E-state index in [0.717, 1.165) is 18.3 Å². The Morgan fingerprint density at radius 3 is 2.00 bits per heavy atom. The van der Waals surface area contributed by atoms with Crippen molar-refractivity contribution in [1.29, 1.82) is 0 Å². The molecular formula is C18H28S. The SMILES string of the molecule is C=CCC(CC(C)C)(CC(C)C)Sc1ccccc1. The Labute approximate surface area is 123 Å². The zero-order chi connectivity index (χ0) is 14.3. The van der Waals surface area contributed by atoms with Gasteiger partial charge in [0.05, 0.1) is 0 Å². The Hall–Kier alpha value is -0.690. The van der Waals surface area contributed by atoms with Gasteiger partial charge in [0, 0.05) is 9.64 Å². The van der Waals surface area contributed by atoms with Crippen LogP contribution in [-0.4, -0.2) is 4.75 Å². The molecular weight excluding hydrogens is 248 g/mol. The van der Waals surface area contributed by atoms with Gasteiger partial charge in [0.1, 0.15) is 0 Å². The lowest BCUT2D eigenvalue weighted by Gasteiger charge is -2.36. The second-order valence-corrected chi connectivity index (χ2v) is 7.83. The molecule has 0 nitrogen and oxygen atoms in total. The van der Waals surface area contributed by atoms with E-state index in [9.17, 15) is 0 Å². The van der Waals surface area contributed by atoms with Crippen LogP contribution in [0.1, 0.15) is 47.0 Å². The van der Waals surface area contributed by atoms with E-state index in [4.69, 9.17) is 0 Å². The molecule has 1 aromatic rings. The van der Waals surface area contributed by atoms with E-state index in [1.165, 1.54) is 17.7 Å². The molecule has 0 spiro atoms. The average Bonchev–Trinajstić information content (AvgIpc) is 2.28. The molecule has 0 N–H and O–H groups in total. The van der Waals surface area contributed by atoms with Crippen LogP contribution < -0.4 is 0 Å². The van der Waals surface area contributed by atoms with Gasteiger partial charge in [-0.15, -0.1) is 18.3 Å². The summed E-state index contributed by atoms with van der Waals surface area (Å²) in [6.45, 7) is 13.3. The van der Waals surface area contributed by atoms with E-state index >= 15 is 0 Å². The summed E-state index contributed by atoms with van der Waals surface area (Å²) in [4.78, 5) is 1.38. The van der Waals surface area contributed by atoms with Crippen molar-refractivity contribution in [2.45, 2.75) is 56.6 Å². The lowest BCUT2D eigenvalue weighted by atomic mass is 9.86. The van der Waals surface area contributed by atoms with Gasteiger partial charge in [0.25, 0.3) is 0 Å². The van der Waals surface area contributed by atoms with Crippen molar-refractivity contribution in [1.82, 2.24) is 0 Å². The van der Waals surface area contributed by atoms with E-state index in [0.29, 0.717) is 4.75 Å². The summed E-state index contributed by atoms with van der Waals surface area (Å²) in [6.07, 6.45) is 5.68. The predicted molar refractivity (Wildman–Crippen MR) is 88.8 cm³/mol. The van der Waals surface area contributed by atoms with Crippen molar-refractivity contribution in [2.75, 3.05) is 0 Å². The normalized spacial score (nSPS) is 12.1. The number of hydrogen-bond acceptors (Lipinski definition) is 1. The zero-order valence-electron chi connectivity index (χ0n) is 12.9. The molecule has 0 radical (unpaired) electrons. The van der Waals surface area contributed by atoms with Crippen molar-refractivity contribution in [2.24, 2.45) is 11.8 Å². The Kier molecular flexibility index (Phi) is 6.71. The lowest BCUT2D eigenvalue weighted by molar-refractivity contribution is 0.383. The number of allylic oxidation sites excluding steroid dienone is 1. The molecule has 19 heavy (non-hydrogen) atoms. The van der Waals surface area contributed by atoms with Crippen molar-refractivity contribution < 1.29 is 0 Å². The average molecular weight is 276 g/mol. The van der Waals surface area contributed by atoms with Crippen LogP contribution in [0.3, 0.4) is 0 Å². The molecule has 0 atom stereocenters. The van der Waals surface area contributed by atoms with Crippen LogP contribution in [0.5, 0.6) is 0 Å². The van der Waals surface area contributed by atoms with Crippen LogP contribution >= 0.6 is 11.8 Å². The molecule has 0 saturated carbocycles. The lowest BCUT2D eigenvalue weighted by Crippen LogP contribution is -2.28. The minimum absolute atomic E-state index is 0.297. The summed E-state index contributed by atoms with van der Waals surface area (Å²) in [7, 11) is 0. The molecule has 0 aromatic heterocycles. The molecule has 0 amide bonds. The molecule has 0 heterocycles. The summed E-state index contributed by atoms with van der Waals surface area (Å²) in [5, 5.41) is 0. The zero-order valence-corrected chi connectivity index (χ0v) is 13.7. The molecule has 0 aliphatic rings. The molecule has 1 aromatic carbocycles. The van der Waals surface area contributed by atoms with Crippen LogP contribution in [-0.2, 0) is 0 Å². The molecule has 0 saturated heterocycles. The first-order valence-electron chi connectivity index (χ1n) is 7.32. The fourth-order valence-corrected chi connectivity index (χ4v) is 4.69. The Morgan fingerprint density at radius 1 is 1.05 bits per heavy atom. The highest BCUT2D eigenvalue weighted by molar-refractivity contribution is 8.00. The highest BCUT2D eigenvalue weighted by Gasteiger charge is 2.31. The Balaban J connectivity index is 2.96. The summed E-state index contributed by atoms with van der Waals surface area (Å²) < 4.78 is 0.297. The molecule has 0 aliphatic heterocycles. The highest BCUT2D eigenvalue weighted by atomic mass is 32.2. The molecule has 0 fully saturated rings. The summed E-state index contributed by atoms with van der Waals surface area (Å²) in [6, 6.07) is 10.8. The van der Waals surface area contributed by atoms with E-state index in [2.05, 4.69) is 70.7 Å². The van der Waals surface area contributed by atoms with Gasteiger partial charge >= 0.3 is 0 Å². The van der Waals surface area contributed by atoms with Gasteiger partial charge in [-0.1, -0.05) is 52.0 Å². The maximum atomic E-state index is 3.99. The number of hydrogen-bond donors (Lipinski definition) is 0. The van der Waals surface area contributed by atoms with Gasteiger partial charge in [-0.05, 0) is 43.2 Å². The second-order valence-electron chi connectivity index (χ2n) is 6.29. The third-order valence-corrected chi connectivity index (χ3v) is 4.60.